The second kappa shape index (κ2) is 3.61. The predicted octanol–water partition coefficient (Wildman–Crippen LogP) is 2.34. The highest BCUT2D eigenvalue weighted by atomic mass is 16.3. The Morgan fingerprint density at radius 3 is 2.67 bits per heavy atom. The van der Waals surface area contributed by atoms with Crippen molar-refractivity contribution in [2.45, 2.75) is 6.92 Å². The Labute approximate surface area is 88.2 Å². The first-order valence-corrected chi connectivity index (χ1v) is 4.69. The summed E-state index contributed by atoms with van der Waals surface area (Å²) in [7, 11) is 0. The van der Waals surface area contributed by atoms with Gasteiger partial charge in [0.25, 0.3) is 0 Å². The number of pyridine rings is 1. The average Bonchev–Trinajstić information content (AvgIpc) is 2.17. The third-order valence-corrected chi connectivity index (χ3v) is 2.26. The van der Waals surface area contributed by atoms with Crippen molar-refractivity contribution in [1.29, 1.82) is 0 Å². The van der Waals surface area contributed by atoms with E-state index < -0.39 is 0 Å². The Balaban J connectivity index is 2.54. The summed E-state index contributed by atoms with van der Waals surface area (Å²) in [6, 6.07) is 10.7. The van der Waals surface area contributed by atoms with Crippen LogP contribution in [0.2, 0.25) is 0 Å². The number of aromatic nitrogens is 1. The van der Waals surface area contributed by atoms with Gasteiger partial charge in [-0.05, 0) is 42.8 Å². The first kappa shape index (κ1) is 9.52. The Morgan fingerprint density at radius 1 is 1.20 bits per heavy atom. The van der Waals surface area contributed by atoms with Crippen molar-refractivity contribution in [3.8, 4) is 17.0 Å². The van der Waals surface area contributed by atoms with E-state index in [-0.39, 0.29) is 5.75 Å². The van der Waals surface area contributed by atoms with E-state index in [2.05, 4.69) is 4.98 Å². The molecule has 0 aliphatic heterocycles. The molecule has 0 saturated heterocycles. The summed E-state index contributed by atoms with van der Waals surface area (Å²) in [5.41, 5.74) is 8.41. The maximum atomic E-state index is 9.29. The number of hydrogen-bond donors (Lipinski definition) is 2. The zero-order chi connectivity index (χ0) is 10.8. The van der Waals surface area contributed by atoms with Crippen molar-refractivity contribution in [2.24, 2.45) is 0 Å². The zero-order valence-electron chi connectivity index (χ0n) is 8.44. The van der Waals surface area contributed by atoms with Gasteiger partial charge in [0.2, 0.25) is 0 Å². The summed E-state index contributed by atoms with van der Waals surface area (Å²) in [6.45, 7) is 1.93. The average molecular weight is 200 g/mol. The minimum Gasteiger partial charge on any atom is -0.508 e. The number of aryl methyl sites for hydroxylation is 1. The molecule has 1 heterocycles. The van der Waals surface area contributed by atoms with Gasteiger partial charge in [-0.25, -0.2) is 4.98 Å². The fourth-order valence-electron chi connectivity index (χ4n) is 1.54. The van der Waals surface area contributed by atoms with Gasteiger partial charge in [-0.1, -0.05) is 6.07 Å². The first-order valence-electron chi connectivity index (χ1n) is 4.69. The summed E-state index contributed by atoms with van der Waals surface area (Å²) in [6.07, 6.45) is 0. The number of anilines is 1. The molecule has 3 heteroatoms. The lowest BCUT2D eigenvalue weighted by atomic mass is 10.0. The molecule has 76 valence electrons. The van der Waals surface area contributed by atoms with E-state index in [0.717, 1.165) is 16.8 Å². The maximum Gasteiger partial charge on any atom is 0.124 e. The largest absolute Gasteiger partial charge is 0.508 e. The number of aromatic hydroxyl groups is 1. The first-order chi connectivity index (χ1) is 7.16. The van der Waals surface area contributed by atoms with Crippen LogP contribution in [0.4, 0.5) is 5.82 Å². The van der Waals surface area contributed by atoms with E-state index in [1.165, 1.54) is 0 Å². The van der Waals surface area contributed by atoms with Crippen LogP contribution in [0.5, 0.6) is 5.75 Å². The molecule has 1 aromatic carbocycles. The van der Waals surface area contributed by atoms with Crippen molar-refractivity contribution in [2.75, 3.05) is 5.73 Å². The standard InChI is InChI=1S/C12H12N2O/c1-8-7-9(15)5-6-10(8)11-3-2-4-12(13)14-11/h2-7,15H,1H3,(H2,13,14). The molecule has 0 unspecified atom stereocenters. The quantitative estimate of drug-likeness (QED) is 0.742. The van der Waals surface area contributed by atoms with Crippen molar-refractivity contribution in [3.05, 3.63) is 42.0 Å². The van der Waals surface area contributed by atoms with Crippen LogP contribution in [0.15, 0.2) is 36.4 Å². The number of phenols is 1. The summed E-state index contributed by atoms with van der Waals surface area (Å²) < 4.78 is 0. The van der Waals surface area contributed by atoms with Gasteiger partial charge in [-0.2, -0.15) is 0 Å². The van der Waals surface area contributed by atoms with Crippen molar-refractivity contribution in [1.82, 2.24) is 4.98 Å². The Kier molecular flexibility index (Phi) is 2.29. The lowest BCUT2D eigenvalue weighted by molar-refractivity contribution is 0.475. The fourth-order valence-corrected chi connectivity index (χ4v) is 1.54. The van der Waals surface area contributed by atoms with Crippen LogP contribution >= 0.6 is 0 Å². The minimum absolute atomic E-state index is 0.264. The molecule has 0 radical (unpaired) electrons. The molecule has 0 spiro atoms. The molecule has 0 atom stereocenters. The summed E-state index contributed by atoms with van der Waals surface area (Å²) in [4.78, 5) is 4.23. The third kappa shape index (κ3) is 1.91. The lowest BCUT2D eigenvalue weighted by Gasteiger charge is -2.06. The van der Waals surface area contributed by atoms with Crippen molar-refractivity contribution in [3.63, 3.8) is 0 Å². The van der Waals surface area contributed by atoms with E-state index in [1.807, 2.05) is 25.1 Å². The van der Waals surface area contributed by atoms with Crippen LogP contribution in [0.1, 0.15) is 5.56 Å². The SMILES string of the molecule is Cc1cc(O)ccc1-c1cccc(N)n1. The normalized spacial score (nSPS) is 10.2. The van der Waals surface area contributed by atoms with Crippen molar-refractivity contribution < 1.29 is 5.11 Å². The molecule has 1 aromatic heterocycles. The van der Waals surface area contributed by atoms with Crippen LogP contribution in [0.25, 0.3) is 11.3 Å². The monoisotopic (exact) mass is 200 g/mol. The number of benzene rings is 1. The molecule has 0 fully saturated rings. The van der Waals surface area contributed by atoms with Gasteiger partial charge in [0.05, 0.1) is 5.69 Å². The predicted molar refractivity (Wildman–Crippen MR) is 60.5 cm³/mol. The van der Waals surface area contributed by atoms with Crippen LogP contribution in [-0.4, -0.2) is 10.1 Å². The number of rotatable bonds is 1. The molecule has 15 heavy (non-hydrogen) atoms. The van der Waals surface area contributed by atoms with E-state index in [1.54, 1.807) is 18.2 Å². The summed E-state index contributed by atoms with van der Waals surface area (Å²) >= 11 is 0. The molecule has 3 nitrogen and oxygen atoms in total. The van der Waals surface area contributed by atoms with E-state index in [9.17, 15) is 5.11 Å². The number of hydrogen-bond acceptors (Lipinski definition) is 3. The zero-order valence-corrected chi connectivity index (χ0v) is 8.44. The molecule has 2 aromatic rings. The molecule has 0 amide bonds. The van der Waals surface area contributed by atoms with Crippen molar-refractivity contribution >= 4 is 5.82 Å². The van der Waals surface area contributed by atoms with E-state index in [4.69, 9.17) is 5.73 Å². The summed E-state index contributed by atoms with van der Waals surface area (Å²) in [5, 5.41) is 9.29. The second-order valence-electron chi connectivity index (χ2n) is 3.45. The number of nitrogen functional groups attached to an aromatic ring is 1. The summed E-state index contributed by atoms with van der Waals surface area (Å²) in [5.74, 6) is 0.764. The molecule has 0 aliphatic rings. The minimum atomic E-state index is 0.264. The lowest BCUT2D eigenvalue weighted by Crippen LogP contribution is -1.92. The van der Waals surface area contributed by atoms with E-state index >= 15 is 0 Å². The molecule has 0 saturated carbocycles. The Morgan fingerprint density at radius 2 is 2.00 bits per heavy atom. The maximum absolute atomic E-state index is 9.29. The molecule has 3 N–H and O–H groups in total. The topological polar surface area (TPSA) is 59.1 Å². The fraction of sp³-hybridized carbons (Fsp3) is 0.0833. The Bertz CT molecular complexity index is 495. The number of phenolic OH excluding ortho intramolecular Hbond substituents is 1. The van der Waals surface area contributed by atoms with Gasteiger partial charge in [-0.15, -0.1) is 0 Å². The highest BCUT2D eigenvalue weighted by Gasteiger charge is 2.03. The Hall–Kier alpha value is -2.03. The van der Waals surface area contributed by atoms with Crippen LogP contribution in [0, 0.1) is 6.92 Å². The molecular formula is C12H12N2O. The van der Waals surface area contributed by atoms with Gasteiger partial charge in [0, 0.05) is 5.56 Å². The van der Waals surface area contributed by atoms with Crippen LogP contribution < -0.4 is 5.73 Å². The number of nitrogens with two attached hydrogens (primary N) is 1. The molecule has 0 bridgehead atoms. The number of nitrogens with zero attached hydrogens (tertiary/aromatic N) is 1. The van der Waals surface area contributed by atoms with Gasteiger partial charge in [0.1, 0.15) is 11.6 Å². The van der Waals surface area contributed by atoms with Gasteiger partial charge in [-0.3, -0.25) is 0 Å². The van der Waals surface area contributed by atoms with Gasteiger partial charge in [0.15, 0.2) is 0 Å². The van der Waals surface area contributed by atoms with Gasteiger partial charge < -0.3 is 10.8 Å². The highest BCUT2D eigenvalue weighted by molar-refractivity contribution is 5.65. The van der Waals surface area contributed by atoms with Crippen LogP contribution in [-0.2, 0) is 0 Å². The molecule has 0 aliphatic carbocycles. The van der Waals surface area contributed by atoms with Gasteiger partial charge >= 0.3 is 0 Å². The molecular weight excluding hydrogens is 188 g/mol. The second-order valence-corrected chi connectivity index (χ2v) is 3.45. The van der Waals surface area contributed by atoms with E-state index in [0.29, 0.717) is 5.82 Å². The third-order valence-electron chi connectivity index (χ3n) is 2.26. The van der Waals surface area contributed by atoms with Crippen LogP contribution in [0.3, 0.4) is 0 Å². The smallest absolute Gasteiger partial charge is 0.124 e. The highest BCUT2D eigenvalue weighted by Crippen LogP contribution is 2.25. The molecule has 2 rings (SSSR count).